The third-order valence-electron chi connectivity index (χ3n) is 3.21. The summed E-state index contributed by atoms with van der Waals surface area (Å²) in [5.41, 5.74) is 0. The number of hydrogen-bond donors (Lipinski definition) is 1. The summed E-state index contributed by atoms with van der Waals surface area (Å²) in [5, 5.41) is 3.99. The van der Waals surface area contributed by atoms with E-state index >= 15 is 0 Å². The highest BCUT2D eigenvalue weighted by Gasteiger charge is 2.22. The minimum Gasteiger partial charge on any atom is -0.369 e. The van der Waals surface area contributed by atoms with Gasteiger partial charge in [-0.2, -0.15) is 0 Å². The molecule has 90 valence electrons. The molecule has 4 nitrogen and oxygen atoms in total. The molecule has 1 saturated heterocycles. The van der Waals surface area contributed by atoms with Crippen LogP contribution in [0.4, 0.5) is 0 Å². The molecule has 2 rings (SSSR count). The molecule has 2 unspecified atom stereocenters. The van der Waals surface area contributed by atoms with Crippen LogP contribution in [0.3, 0.4) is 0 Å². The highest BCUT2D eigenvalue weighted by atomic mass is 35.5. The van der Waals surface area contributed by atoms with Crippen molar-refractivity contribution in [2.45, 2.75) is 26.1 Å². The lowest BCUT2D eigenvalue weighted by Gasteiger charge is -2.29. The maximum absolute atomic E-state index is 5.91. The van der Waals surface area contributed by atoms with Crippen LogP contribution in [-0.2, 0) is 18.4 Å². The number of aromatic nitrogens is 2. The Morgan fingerprint density at radius 3 is 3.12 bits per heavy atom. The second-order valence-corrected chi connectivity index (χ2v) is 4.76. The molecule has 0 spiro atoms. The Morgan fingerprint density at radius 1 is 1.69 bits per heavy atom. The second-order valence-electron chi connectivity index (χ2n) is 4.38. The zero-order chi connectivity index (χ0) is 11.5. The molecule has 1 aliphatic heterocycles. The molecule has 2 atom stereocenters. The number of halogens is 1. The van der Waals surface area contributed by atoms with Gasteiger partial charge in [-0.1, -0.05) is 18.5 Å². The van der Waals surface area contributed by atoms with Gasteiger partial charge in [-0.3, -0.25) is 0 Å². The number of rotatable bonds is 3. The molecule has 1 aliphatic rings. The van der Waals surface area contributed by atoms with Gasteiger partial charge in [-0.05, 0) is 18.9 Å². The van der Waals surface area contributed by atoms with Crippen LogP contribution < -0.4 is 5.32 Å². The zero-order valence-electron chi connectivity index (χ0n) is 9.74. The van der Waals surface area contributed by atoms with Crippen molar-refractivity contribution in [1.82, 2.24) is 14.9 Å². The van der Waals surface area contributed by atoms with Crippen LogP contribution in [0.15, 0.2) is 6.20 Å². The van der Waals surface area contributed by atoms with Gasteiger partial charge in [-0.25, -0.2) is 4.98 Å². The van der Waals surface area contributed by atoms with E-state index in [9.17, 15) is 0 Å². The van der Waals surface area contributed by atoms with E-state index in [-0.39, 0.29) is 6.10 Å². The molecule has 16 heavy (non-hydrogen) atoms. The van der Waals surface area contributed by atoms with Gasteiger partial charge < -0.3 is 14.6 Å². The maximum Gasteiger partial charge on any atom is 0.135 e. The average molecular weight is 244 g/mol. The molecule has 0 aromatic carbocycles. The monoisotopic (exact) mass is 243 g/mol. The van der Waals surface area contributed by atoms with Crippen molar-refractivity contribution in [2.24, 2.45) is 13.0 Å². The average Bonchev–Trinajstić information content (AvgIpc) is 2.59. The van der Waals surface area contributed by atoms with Crippen molar-refractivity contribution < 1.29 is 4.74 Å². The van der Waals surface area contributed by atoms with Crippen LogP contribution in [0.2, 0.25) is 5.15 Å². The highest BCUT2D eigenvalue weighted by molar-refractivity contribution is 6.29. The minimum absolute atomic E-state index is 0.282. The van der Waals surface area contributed by atoms with Crippen LogP contribution in [0.25, 0.3) is 0 Å². The van der Waals surface area contributed by atoms with E-state index in [0.717, 1.165) is 18.9 Å². The van der Waals surface area contributed by atoms with Crippen molar-refractivity contribution in [3.05, 3.63) is 17.2 Å². The molecular weight excluding hydrogens is 226 g/mol. The normalized spacial score (nSPS) is 25.9. The lowest BCUT2D eigenvalue weighted by molar-refractivity contribution is -0.0103. The fourth-order valence-electron chi connectivity index (χ4n) is 1.92. The maximum atomic E-state index is 5.91. The summed E-state index contributed by atoms with van der Waals surface area (Å²) >= 11 is 5.91. The van der Waals surface area contributed by atoms with Crippen molar-refractivity contribution in [3.8, 4) is 0 Å². The van der Waals surface area contributed by atoms with Crippen LogP contribution in [0.1, 0.15) is 19.2 Å². The third kappa shape index (κ3) is 2.56. The molecule has 0 bridgehead atoms. The van der Waals surface area contributed by atoms with Gasteiger partial charge in [0.05, 0.1) is 12.3 Å². The van der Waals surface area contributed by atoms with Gasteiger partial charge in [0.25, 0.3) is 0 Å². The van der Waals surface area contributed by atoms with E-state index in [0.29, 0.717) is 17.7 Å². The van der Waals surface area contributed by atoms with E-state index in [2.05, 4.69) is 17.2 Å². The van der Waals surface area contributed by atoms with E-state index in [1.807, 2.05) is 11.6 Å². The zero-order valence-corrected chi connectivity index (χ0v) is 10.5. The predicted octanol–water partition coefficient (Wildman–Crippen LogP) is 1.59. The number of imidazole rings is 1. The smallest absolute Gasteiger partial charge is 0.135 e. The number of piperidine rings is 1. The largest absolute Gasteiger partial charge is 0.369 e. The molecule has 1 aromatic rings. The SMILES string of the molecule is CC1CCNCC1OCc1ncc(Cl)n1C. The molecule has 1 fully saturated rings. The highest BCUT2D eigenvalue weighted by Crippen LogP contribution is 2.17. The number of ether oxygens (including phenoxy) is 1. The molecule has 0 radical (unpaired) electrons. The predicted molar refractivity (Wildman–Crippen MR) is 63.4 cm³/mol. The molecule has 1 N–H and O–H groups in total. The Bertz CT molecular complexity index is 353. The van der Waals surface area contributed by atoms with Gasteiger partial charge in [0.15, 0.2) is 0 Å². The third-order valence-corrected chi connectivity index (χ3v) is 3.56. The number of nitrogens with zero attached hydrogens (tertiary/aromatic N) is 2. The summed E-state index contributed by atoms with van der Waals surface area (Å²) in [6.07, 6.45) is 3.11. The number of hydrogen-bond acceptors (Lipinski definition) is 3. The molecule has 1 aromatic heterocycles. The standard InChI is InChI=1S/C11H18ClN3O/c1-8-3-4-13-5-9(8)16-7-11-14-6-10(12)15(11)2/h6,8-9,13H,3-5,7H2,1-2H3. The van der Waals surface area contributed by atoms with Gasteiger partial charge in [-0.15, -0.1) is 0 Å². The summed E-state index contributed by atoms with van der Waals surface area (Å²) in [4.78, 5) is 4.21. The van der Waals surface area contributed by atoms with Crippen LogP contribution >= 0.6 is 11.6 Å². The van der Waals surface area contributed by atoms with E-state index < -0.39 is 0 Å². The Balaban J connectivity index is 1.89. The topological polar surface area (TPSA) is 39.1 Å². The molecular formula is C11H18ClN3O. The Hall–Kier alpha value is -0.580. The lowest BCUT2D eigenvalue weighted by Crippen LogP contribution is -2.41. The first-order valence-electron chi connectivity index (χ1n) is 5.67. The molecule has 0 saturated carbocycles. The second kappa shape index (κ2) is 5.17. The fraction of sp³-hybridized carbons (Fsp3) is 0.727. The molecule has 2 heterocycles. The van der Waals surface area contributed by atoms with Gasteiger partial charge in [0, 0.05) is 13.6 Å². The fourth-order valence-corrected chi connectivity index (χ4v) is 2.07. The first kappa shape index (κ1) is 11.9. The van der Waals surface area contributed by atoms with E-state index in [1.165, 1.54) is 6.42 Å². The van der Waals surface area contributed by atoms with Crippen LogP contribution in [0, 0.1) is 5.92 Å². The summed E-state index contributed by atoms with van der Waals surface area (Å²) in [6, 6.07) is 0. The summed E-state index contributed by atoms with van der Waals surface area (Å²) < 4.78 is 7.72. The van der Waals surface area contributed by atoms with Crippen molar-refractivity contribution in [3.63, 3.8) is 0 Å². The van der Waals surface area contributed by atoms with Crippen molar-refractivity contribution in [2.75, 3.05) is 13.1 Å². The summed E-state index contributed by atoms with van der Waals surface area (Å²) in [7, 11) is 1.90. The Kier molecular flexibility index (Phi) is 3.84. The van der Waals surface area contributed by atoms with Crippen molar-refractivity contribution >= 4 is 11.6 Å². The van der Waals surface area contributed by atoms with Crippen molar-refractivity contribution in [1.29, 1.82) is 0 Å². The van der Waals surface area contributed by atoms with E-state index in [1.54, 1.807) is 6.20 Å². The minimum atomic E-state index is 0.282. The van der Waals surface area contributed by atoms with Gasteiger partial charge in [0.1, 0.15) is 17.6 Å². The first-order valence-corrected chi connectivity index (χ1v) is 6.04. The molecule has 5 heteroatoms. The molecule has 0 aliphatic carbocycles. The Morgan fingerprint density at radius 2 is 2.50 bits per heavy atom. The van der Waals surface area contributed by atoms with E-state index in [4.69, 9.17) is 16.3 Å². The molecule has 0 amide bonds. The quantitative estimate of drug-likeness (QED) is 0.876. The van der Waals surface area contributed by atoms with Gasteiger partial charge >= 0.3 is 0 Å². The number of nitrogens with one attached hydrogen (secondary N) is 1. The first-order chi connectivity index (χ1) is 7.68. The van der Waals surface area contributed by atoms with Crippen LogP contribution in [-0.4, -0.2) is 28.7 Å². The lowest BCUT2D eigenvalue weighted by atomic mass is 9.97. The summed E-state index contributed by atoms with van der Waals surface area (Å²) in [5.74, 6) is 1.49. The summed E-state index contributed by atoms with van der Waals surface area (Å²) in [6.45, 7) is 4.78. The van der Waals surface area contributed by atoms with Crippen LogP contribution in [0.5, 0.6) is 0 Å². The Labute approximate surface area is 101 Å². The van der Waals surface area contributed by atoms with Gasteiger partial charge in [0.2, 0.25) is 0 Å².